The lowest BCUT2D eigenvalue weighted by Crippen LogP contribution is -2.37. The summed E-state index contributed by atoms with van der Waals surface area (Å²) < 4.78 is 0. The number of benzene rings is 2. The molecule has 116 valence electrons. The minimum absolute atomic E-state index is 0.0146. The van der Waals surface area contributed by atoms with Crippen molar-refractivity contribution in [1.82, 2.24) is 4.90 Å². The Labute approximate surface area is 130 Å². The van der Waals surface area contributed by atoms with E-state index in [1.54, 1.807) is 4.90 Å². The van der Waals surface area contributed by atoms with Gasteiger partial charge in [0.15, 0.2) is 0 Å². The van der Waals surface area contributed by atoms with Gasteiger partial charge in [-0.25, -0.2) is 0 Å². The van der Waals surface area contributed by atoms with Crippen molar-refractivity contribution < 1.29 is 15.0 Å². The van der Waals surface area contributed by atoms with E-state index in [0.29, 0.717) is 13.1 Å². The van der Waals surface area contributed by atoms with Crippen LogP contribution in [0.5, 0.6) is 0 Å². The van der Waals surface area contributed by atoms with Crippen molar-refractivity contribution in [1.29, 1.82) is 0 Å². The van der Waals surface area contributed by atoms with Gasteiger partial charge >= 0.3 is 0 Å². The zero-order chi connectivity index (χ0) is 15.5. The molecular formula is C18H21NO3. The van der Waals surface area contributed by atoms with Crippen LogP contribution in [0.4, 0.5) is 0 Å². The van der Waals surface area contributed by atoms with Gasteiger partial charge in [0, 0.05) is 19.0 Å². The van der Waals surface area contributed by atoms with Crippen molar-refractivity contribution >= 4 is 16.7 Å². The number of carbonyl (C=O) groups is 1. The Kier molecular flexibility index (Phi) is 4.41. The highest BCUT2D eigenvalue weighted by Crippen LogP contribution is 2.48. The number of hydrogen-bond donors (Lipinski definition) is 2. The van der Waals surface area contributed by atoms with Crippen molar-refractivity contribution in [3.63, 3.8) is 0 Å². The molecule has 1 fully saturated rings. The first kappa shape index (κ1) is 15.0. The van der Waals surface area contributed by atoms with Gasteiger partial charge in [-0.15, -0.1) is 0 Å². The first-order valence-corrected chi connectivity index (χ1v) is 7.74. The van der Waals surface area contributed by atoms with Crippen molar-refractivity contribution in [2.45, 2.75) is 12.3 Å². The molecule has 1 saturated carbocycles. The number of fused-ring (bicyclic) bond motifs is 1. The number of rotatable bonds is 6. The molecule has 0 bridgehead atoms. The maximum atomic E-state index is 12.4. The molecule has 0 aromatic heterocycles. The topological polar surface area (TPSA) is 60.8 Å². The summed E-state index contributed by atoms with van der Waals surface area (Å²) in [6.07, 6.45) is 0.852. The first-order chi connectivity index (χ1) is 10.7. The van der Waals surface area contributed by atoms with Crippen LogP contribution >= 0.6 is 0 Å². The fourth-order valence-corrected chi connectivity index (χ4v) is 3.08. The Morgan fingerprint density at radius 1 is 1.05 bits per heavy atom. The molecule has 0 heterocycles. The Morgan fingerprint density at radius 3 is 2.41 bits per heavy atom. The fraction of sp³-hybridized carbons (Fsp3) is 0.389. The minimum atomic E-state index is -0.0703. The summed E-state index contributed by atoms with van der Waals surface area (Å²) in [6, 6.07) is 14.6. The van der Waals surface area contributed by atoms with Crippen molar-refractivity contribution in [2.24, 2.45) is 5.92 Å². The Hall–Kier alpha value is -1.91. The number of carbonyl (C=O) groups excluding carboxylic acids is 1. The molecule has 0 aliphatic heterocycles. The summed E-state index contributed by atoms with van der Waals surface area (Å²) in [5, 5.41) is 20.5. The molecule has 2 aromatic rings. The van der Waals surface area contributed by atoms with Crippen LogP contribution in [0, 0.1) is 5.92 Å². The molecule has 2 atom stereocenters. The van der Waals surface area contributed by atoms with E-state index in [1.807, 2.05) is 12.1 Å². The largest absolute Gasteiger partial charge is 0.395 e. The highest BCUT2D eigenvalue weighted by Gasteiger charge is 2.45. The van der Waals surface area contributed by atoms with E-state index < -0.39 is 0 Å². The second kappa shape index (κ2) is 6.46. The van der Waals surface area contributed by atoms with Crippen molar-refractivity contribution in [3.8, 4) is 0 Å². The van der Waals surface area contributed by atoms with Crippen LogP contribution in [-0.4, -0.2) is 47.3 Å². The fourth-order valence-electron chi connectivity index (χ4n) is 3.08. The number of aliphatic hydroxyl groups excluding tert-OH is 2. The van der Waals surface area contributed by atoms with Crippen LogP contribution in [0.3, 0.4) is 0 Å². The molecule has 1 aliphatic carbocycles. The van der Waals surface area contributed by atoms with E-state index in [-0.39, 0.29) is 31.0 Å². The van der Waals surface area contributed by atoms with Crippen molar-refractivity contribution in [3.05, 3.63) is 48.0 Å². The third-order valence-electron chi connectivity index (χ3n) is 4.36. The van der Waals surface area contributed by atoms with E-state index in [2.05, 4.69) is 30.3 Å². The van der Waals surface area contributed by atoms with Crippen LogP contribution < -0.4 is 0 Å². The molecule has 2 unspecified atom stereocenters. The Morgan fingerprint density at radius 2 is 1.73 bits per heavy atom. The van der Waals surface area contributed by atoms with Gasteiger partial charge in [0.2, 0.25) is 5.91 Å². The predicted octanol–water partition coefficient (Wildman–Crippen LogP) is 1.76. The van der Waals surface area contributed by atoms with Gasteiger partial charge < -0.3 is 15.1 Å². The lowest BCUT2D eigenvalue weighted by molar-refractivity contribution is -0.133. The zero-order valence-electron chi connectivity index (χ0n) is 12.5. The lowest BCUT2D eigenvalue weighted by atomic mass is 10.0. The molecule has 4 heteroatoms. The quantitative estimate of drug-likeness (QED) is 0.854. The summed E-state index contributed by atoms with van der Waals surface area (Å²) >= 11 is 0. The second-order valence-electron chi connectivity index (χ2n) is 5.83. The Bertz CT molecular complexity index is 664. The third kappa shape index (κ3) is 2.98. The van der Waals surface area contributed by atoms with Crippen LogP contribution in [0.1, 0.15) is 17.9 Å². The summed E-state index contributed by atoms with van der Waals surface area (Å²) in [5.41, 5.74) is 1.20. The number of nitrogens with zero attached hydrogens (tertiary/aromatic N) is 1. The van der Waals surface area contributed by atoms with Gasteiger partial charge in [0.25, 0.3) is 0 Å². The third-order valence-corrected chi connectivity index (χ3v) is 4.36. The molecular weight excluding hydrogens is 278 g/mol. The minimum Gasteiger partial charge on any atom is -0.395 e. The molecule has 2 aromatic carbocycles. The normalized spacial score (nSPS) is 20.1. The SMILES string of the molecule is O=C(C1CC1c1ccc2ccccc2c1)N(CCO)CCO. The standard InChI is InChI=1S/C18H21NO3/c20-9-7-19(8-10-21)18(22)17-12-16(17)15-6-5-13-3-1-2-4-14(13)11-15/h1-6,11,16-17,20-21H,7-10,12H2. The molecule has 1 aliphatic rings. The molecule has 22 heavy (non-hydrogen) atoms. The van der Waals surface area contributed by atoms with Crippen LogP contribution in [-0.2, 0) is 4.79 Å². The van der Waals surface area contributed by atoms with E-state index in [9.17, 15) is 4.79 Å². The van der Waals surface area contributed by atoms with Gasteiger partial charge in [0.05, 0.1) is 13.2 Å². The smallest absolute Gasteiger partial charge is 0.226 e. The summed E-state index contributed by atoms with van der Waals surface area (Å²) in [5.74, 6) is 0.289. The molecule has 2 N–H and O–H groups in total. The average molecular weight is 299 g/mol. The van der Waals surface area contributed by atoms with E-state index in [0.717, 1.165) is 6.42 Å². The lowest BCUT2D eigenvalue weighted by Gasteiger charge is -2.20. The molecule has 0 saturated heterocycles. The van der Waals surface area contributed by atoms with E-state index in [4.69, 9.17) is 10.2 Å². The average Bonchev–Trinajstić information content (AvgIpc) is 3.34. The van der Waals surface area contributed by atoms with Gasteiger partial charge in [-0.3, -0.25) is 4.79 Å². The molecule has 0 radical (unpaired) electrons. The number of amides is 1. The summed E-state index contributed by atoms with van der Waals surface area (Å²) in [6.45, 7) is 0.443. The number of hydrogen-bond acceptors (Lipinski definition) is 3. The van der Waals surface area contributed by atoms with Gasteiger partial charge in [-0.2, -0.15) is 0 Å². The summed E-state index contributed by atoms with van der Waals surface area (Å²) in [4.78, 5) is 14.0. The van der Waals surface area contributed by atoms with E-state index >= 15 is 0 Å². The van der Waals surface area contributed by atoms with Gasteiger partial charge in [0.1, 0.15) is 0 Å². The Balaban J connectivity index is 1.73. The molecule has 1 amide bonds. The zero-order valence-corrected chi connectivity index (χ0v) is 12.5. The molecule has 3 rings (SSSR count). The van der Waals surface area contributed by atoms with Crippen molar-refractivity contribution in [2.75, 3.05) is 26.3 Å². The molecule has 0 spiro atoms. The highest BCUT2D eigenvalue weighted by atomic mass is 16.3. The maximum absolute atomic E-state index is 12.4. The number of aliphatic hydroxyl groups is 2. The monoisotopic (exact) mass is 299 g/mol. The first-order valence-electron chi connectivity index (χ1n) is 7.74. The van der Waals surface area contributed by atoms with Gasteiger partial charge in [-0.1, -0.05) is 42.5 Å². The van der Waals surface area contributed by atoms with Crippen LogP contribution in [0.2, 0.25) is 0 Å². The summed E-state index contributed by atoms with van der Waals surface area (Å²) in [7, 11) is 0. The highest BCUT2D eigenvalue weighted by molar-refractivity contribution is 5.85. The van der Waals surface area contributed by atoms with E-state index in [1.165, 1.54) is 16.3 Å². The predicted molar refractivity (Wildman–Crippen MR) is 85.5 cm³/mol. The molecule has 4 nitrogen and oxygen atoms in total. The van der Waals surface area contributed by atoms with Crippen LogP contribution in [0.15, 0.2) is 42.5 Å². The maximum Gasteiger partial charge on any atom is 0.226 e. The van der Waals surface area contributed by atoms with Gasteiger partial charge in [-0.05, 0) is 28.7 Å². The van der Waals surface area contributed by atoms with Crippen LogP contribution in [0.25, 0.3) is 10.8 Å². The second-order valence-corrected chi connectivity index (χ2v) is 5.83.